The predicted octanol–water partition coefficient (Wildman–Crippen LogP) is 2.53. The normalized spacial score (nSPS) is 13.4. The monoisotopic (exact) mass is 338 g/mol. The van der Waals surface area contributed by atoms with Gasteiger partial charge in [-0.25, -0.2) is 14.6 Å². The molecular formula is C18H22N6O. The summed E-state index contributed by atoms with van der Waals surface area (Å²) in [5.41, 5.74) is 1.61. The van der Waals surface area contributed by atoms with Gasteiger partial charge in [0, 0.05) is 6.04 Å². The smallest absolute Gasteiger partial charge is 0.242 e. The van der Waals surface area contributed by atoms with Gasteiger partial charge in [-0.05, 0) is 32.4 Å². The molecule has 0 aliphatic carbocycles. The van der Waals surface area contributed by atoms with E-state index in [1.54, 1.807) is 10.9 Å². The molecule has 25 heavy (non-hydrogen) atoms. The topological polar surface area (TPSA) is 84.7 Å². The summed E-state index contributed by atoms with van der Waals surface area (Å²) < 4.78 is 1.76. The minimum atomic E-state index is -0.410. The Morgan fingerprint density at radius 1 is 1.20 bits per heavy atom. The third-order valence-corrected chi connectivity index (χ3v) is 4.11. The Kier molecular flexibility index (Phi) is 4.92. The van der Waals surface area contributed by atoms with Crippen molar-refractivity contribution in [2.24, 2.45) is 0 Å². The van der Waals surface area contributed by atoms with E-state index in [1.807, 2.05) is 51.1 Å². The van der Waals surface area contributed by atoms with Crippen LogP contribution >= 0.6 is 0 Å². The first-order valence-corrected chi connectivity index (χ1v) is 8.41. The number of carbonyl (C=O) groups is 1. The van der Waals surface area contributed by atoms with E-state index in [1.165, 1.54) is 6.33 Å². The molecule has 2 unspecified atom stereocenters. The summed E-state index contributed by atoms with van der Waals surface area (Å²) >= 11 is 0. The van der Waals surface area contributed by atoms with Crippen molar-refractivity contribution >= 4 is 22.8 Å². The van der Waals surface area contributed by atoms with Crippen LogP contribution < -0.4 is 10.6 Å². The number of hydrogen-bond donors (Lipinski definition) is 2. The Morgan fingerprint density at radius 2 is 1.96 bits per heavy atom. The molecule has 3 rings (SSSR count). The van der Waals surface area contributed by atoms with E-state index >= 15 is 0 Å². The number of fused-ring (bicyclic) bond motifs is 1. The van der Waals surface area contributed by atoms with Crippen molar-refractivity contribution in [3.63, 3.8) is 0 Å². The zero-order chi connectivity index (χ0) is 17.8. The molecule has 0 fully saturated rings. The molecule has 1 aromatic carbocycles. The highest BCUT2D eigenvalue weighted by molar-refractivity contribution is 5.90. The molecule has 2 aromatic heterocycles. The molecule has 2 atom stereocenters. The molecule has 0 aliphatic rings. The molecule has 130 valence electrons. The Morgan fingerprint density at radius 3 is 2.68 bits per heavy atom. The highest BCUT2D eigenvalue weighted by Crippen LogP contribution is 2.22. The van der Waals surface area contributed by atoms with Crippen LogP contribution in [0, 0.1) is 0 Å². The van der Waals surface area contributed by atoms with Gasteiger partial charge in [-0.1, -0.05) is 25.1 Å². The van der Waals surface area contributed by atoms with Crippen molar-refractivity contribution in [1.29, 1.82) is 0 Å². The third-order valence-electron chi connectivity index (χ3n) is 4.11. The Balaban J connectivity index is 1.86. The number of anilines is 1. The average Bonchev–Trinajstić information content (AvgIpc) is 3.07. The van der Waals surface area contributed by atoms with Crippen LogP contribution in [0.4, 0.5) is 5.82 Å². The van der Waals surface area contributed by atoms with Crippen LogP contribution in [-0.4, -0.2) is 37.7 Å². The van der Waals surface area contributed by atoms with Crippen LogP contribution in [0.2, 0.25) is 0 Å². The first-order valence-electron chi connectivity index (χ1n) is 8.41. The molecule has 0 saturated carbocycles. The van der Waals surface area contributed by atoms with Crippen LogP contribution in [0.25, 0.3) is 16.7 Å². The average molecular weight is 338 g/mol. The Hall–Kier alpha value is -2.96. The summed E-state index contributed by atoms with van der Waals surface area (Å²) in [4.78, 5) is 20.9. The number of amides is 1. The second-order valence-corrected chi connectivity index (χ2v) is 6.04. The van der Waals surface area contributed by atoms with E-state index in [0.29, 0.717) is 11.5 Å². The van der Waals surface area contributed by atoms with E-state index < -0.39 is 6.04 Å². The van der Waals surface area contributed by atoms with Gasteiger partial charge in [-0.15, -0.1) is 0 Å². The second kappa shape index (κ2) is 7.29. The summed E-state index contributed by atoms with van der Waals surface area (Å²) in [5.74, 6) is 0.538. The number of benzene rings is 1. The molecule has 1 amide bonds. The molecule has 0 spiro atoms. The van der Waals surface area contributed by atoms with E-state index in [9.17, 15) is 4.79 Å². The minimum Gasteiger partial charge on any atom is -0.358 e. The third kappa shape index (κ3) is 3.60. The highest BCUT2D eigenvalue weighted by Gasteiger charge is 2.17. The van der Waals surface area contributed by atoms with Gasteiger partial charge in [-0.3, -0.25) is 4.79 Å². The first-order chi connectivity index (χ1) is 12.1. The van der Waals surface area contributed by atoms with Crippen LogP contribution in [0.3, 0.4) is 0 Å². The van der Waals surface area contributed by atoms with E-state index in [0.717, 1.165) is 17.5 Å². The van der Waals surface area contributed by atoms with Crippen LogP contribution in [-0.2, 0) is 4.79 Å². The molecule has 2 heterocycles. The van der Waals surface area contributed by atoms with Gasteiger partial charge in [0.25, 0.3) is 0 Å². The van der Waals surface area contributed by atoms with Crippen molar-refractivity contribution in [2.75, 3.05) is 5.32 Å². The summed E-state index contributed by atoms with van der Waals surface area (Å²) in [7, 11) is 0. The van der Waals surface area contributed by atoms with Gasteiger partial charge < -0.3 is 10.6 Å². The van der Waals surface area contributed by atoms with Crippen molar-refractivity contribution in [1.82, 2.24) is 25.1 Å². The fourth-order valence-electron chi connectivity index (χ4n) is 2.46. The lowest BCUT2D eigenvalue weighted by Crippen LogP contribution is -2.42. The van der Waals surface area contributed by atoms with Gasteiger partial charge in [-0.2, -0.15) is 5.10 Å². The van der Waals surface area contributed by atoms with Gasteiger partial charge in [0.05, 0.1) is 17.3 Å². The maximum Gasteiger partial charge on any atom is 0.242 e. The Labute approximate surface area is 146 Å². The number of hydrogen-bond acceptors (Lipinski definition) is 5. The Bertz CT molecular complexity index is 860. The maximum atomic E-state index is 12.2. The largest absolute Gasteiger partial charge is 0.358 e. The lowest BCUT2D eigenvalue weighted by Gasteiger charge is -2.18. The molecular weight excluding hydrogens is 316 g/mol. The van der Waals surface area contributed by atoms with Crippen molar-refractivity contribution in [3.8, 4) is 5.69 Å². The first kappa shape index (κ1) is 16.9. The molecule has 0 saturated heterocycles. The van der Waals surface area contributed by atoms with Crippen LogP contribution in [0.15, 0.2) is 42.9 Å². The number of para-hydroxylation sites is 1. The molecule has 0 radical (unpaired) electrons. The summed E-state index contributed by atoms with van der Waals surface area (Å²) in [6.07, 6.45) is 4.08. The molecule has 0 bridgehead atoms. The molecule has 7 nitrogen and oxygen atoms in total. The standard InChI is InChI=1S/C18H22N6O/c1-4-12(2)22-18(25)13(3)23-16-15-10-21-24(17(15)20-11-19-16)14-8-6-5-7-9-14/h5-13H,4H2,1-3H3,(H,22,25)(H,19,20,23). The molecule has 7 heteroatoms. The fourth-order valence-corrected chi connectivity index (χ4v) is 2.46. The van der Waals surface area contributed by atoms with Gasteiger partial charge in [0.2, 0.25) is 5.91 Å². The second-order valence-electron chi connectivity index (χ2n) is 6.04. The van der Waals surface area contributed by atoms with E-state index in [2.05, 4.69) is 25.7 Å². The summed E-state index contributed by atoms with van der Waals surface area (Å²) in [5, 5.41) is 11.3. The number of nitrogens with zero attached hydrogens (tertiary/aromatic N) is 4. The number of nitrogens with one attached hydrogen (secondary N) is 2. The zero-order valence-electron chi connectivity index (χ0n) is 14.6. The molecule has 3 aromatic rings. The minimum absolute atomic E-state index is 0.0587. The summed E-state index contributed by atoms with van der Waals surface area (Å²) in [6.45, 7) is 5.83. The lowest BCUT2D eigenvalue weighted by atomic mass is 10.2. The van der Waals surface area contributed by atoms with E-state index in [4.69, 9.17) is 0 Å². The van der Waals surface area contributed by atoms with Crippen molar-refractivity contribution in [3.05, 3.63) is 42.9 Å². The quantitative estimate of drug-likeness (QED) is 0.721. The predicted molar refractivity (Wildman–Crippen MR) is 97.6 cm³/mol. The molecule has 0 aliphatic heterocycles. The van der Waals surface area contributed by atoms with Crippen molar-refractivity contribution in [2.45, 2.75) is 39.3 Å². The highest BCUT2D eigenvalue weighted by atomic mass is 16.2. The maximum absolute atomic E-state index is 12.2. The van der Waals surface area contributed by atoms with Gasteiger partial charge in [0.1, 0.15) is 18.2 Å². The zero-order valence-corrected chi connectivity index (χ0v) is 14.6. The van der Waals surface area contributed by atoms with Crippen LogP contribution in [0.5, 0.6) is 0 Å². The SMILES string of the molecule is CCC(C)NC(=O)C(C)Nc1ncnc2c1cnn2-c1ccccc1. The number of carbonyl (C=O) groups excluding carboxylic acids is 1. The van der Waals surface area contributed by atoms with Gasteiger partial charge >= 0.3 is 0 Å². The lowest BCUT2D eigenvalue weighted by molar-refractivity contribution is -0.122. The fraction of sp³-hybridized carbons (Fsp3) is 0.333. The van der Waals surface area contributed by atoms with Crippen LogP contribution in [0.1, 0.15) is 27.2 Å². The van der Waals surface area contributed by atoms with Gasteiger partial charge in [0.15, 0.2) is 5.65 Å². The number of aromatic nitrogens is 4. The van der Waals surface area contributed by atoms with E-state index in [-0.39, 0.29) is 11.9 Å². The van der Waals surface area contributed by atoms with Crippen molar-refractivity contribution < 1.29 is 4.79 Å². The number of rotatable bonds is 6. The molecule has 2 N–H and O–H groups in total. The summed E-state index contributed by atoms with van der Waals surface area (Å²) in [6, 6.07) is 9.51.